The molecular formula is C20H13F3N4O2S. The Kier molecular flexibility index (Phi) is 4.86. The van der Waals surface area contributed by atoms with E-state index in [4.69, 9.17) is 0 Å². The van der Waals surface area contributed by atoms with E-state index in [0.29, 0.717) is 20.6 Å². The van der Waals surface area contributed by atoms with Crippen molar-refractivity contribution in [1.29, 1.82) is 0 Å². The second-order valence-corrected chi connectivity index (χ2v) is 7.34. The first-order valence-electron chi connectivity index (χ1n) is 8.66. The fourth-order valence-electron chi connectivity index (χ4n) is 2.82. The summed E-state index contributed by atoms with van der Waals surface area (Å²) in [5.41, 5.74) is -0.333. The maximum absolute atomic E-state index is 13.6. The van der Waals surface area contributed by atoms with E-state index in [0.717, 1.165) is 6.07 Å². The third-order valence-electron chi connectivity index (χ3n) is 4.27. The third kappa shape index (κ3) is 3.81. The van der Waals surface area contributed by atoms with E-state index in [-0.39, 0.29) is 22.8 Å². The molecule has 0 fully saturated rings. The molecule has 4 rings (SSSR count). The van der Waals surface area contributed by atoms with Gasteiger partial charge in [0.1, 0.15) is 0 Å². The van der Waals surface area contributed by atoms with Gasteiger partial charge in [0.25, 0.3) is 5.91 Å². The topological polar surface area (TPSA) is 76.4 Å². The van der Waals surface area contributed by atoms with Crippen LogP contribution in [-0.2, 0) is 6.18 Å². The lowest BCUT2D eigenvalue weighted by Gasteiger charge is -2.10. The summed E-state index contributed by atoms with van der Waals surface area (Å²) < 4.78 is 41.4. The number of nitrogens with one attached hydrogen (secondary N) is 1. The Morgan fingerprint density at radius 1 is 1.10 bits per heavy atom. The molecule has 0 atom stereocenters. The summed E-state index contributed by atoms with van der Waals surface area (Å²) in [4.78, 5) is 28.6. The van der Waals surface area contributed by atoms with Crippen molar-refractivity contribution in [3.8, 4) is 10.6 Å². The number of hydrogen-bond donors (Lipinski definition) is 1. The molecule has 1 amide bonds. The van der Waals surface area contributed by atoms with E-state index < -0.39 is 17.8 Å². The first-order valence-corrected chi connectivity index (χ1v) is 9.54. The number of hydrogen-bond acceptors (Lipinski definition) is 5. The summed E-state index contributed by atoms with van der Waals surface area (Å²) in [5.74, 6) is -0.817. The number of anilines is 1. The van der Waals surface area contributed by atoms with Crippen molar-refractivity contribution >= 4 is 34.4 Å². The lowest BCUT2D eigenvalue weighted by atomic mass is 10.1. The van der Waals surface area contributed by atoms with Crippen molar-refractivity contribution in [2.45, 2.75) is 13.1 Å². The van der Waals surface area contributed by atoms with Crippen LogP contribution in [0.1, 0.15) is 33.5 Å². The van der Waals surface area contributed by atoms with Crippen molar-refractivity contribution < 1.29 is 22.8 Å². The summed E-state index contributed by atoms with van der Waals surface area (Å²) in [6, 6.07) is 11.6. The largest absolute Gasteiger partial charge is 0.433 e. The van der Waals surface area contributed by atoms with Crippen LogP contribution in [-0.4, -0.2) is 26.3 Å². The molecule has 0 aliphatic heterocycles. The highest BCUT2D eigenvalue weighted by Gasteiger charge is 2.35. The maximum Gasteiger partial charge on any atom is 0.433 e. The first kappa shape index (κ1) is 19.8. The van der Waals surface area contributed by atoms with Crippen LogP contribution in [0.3, 0.4) is 0 Å². The van der Waals surface area contributed by atoms with Crippen LogP contribution in [0.4, 0.5) is 18.9 Å². The lowest BCUT2D eigenvalue weighted by Crippen LogP contribution is -2.15. The molecule has 0 aliphatic rings. The van der Waals surface area contributed by atoms with Gasteiger partial charge in [-0.2, -0.15) is 18.3 Å². The normalized spacial score (nSPS) is 11.6. The van der Waals surface area contributed by atoms with E-state index in [1.54, 1.807) is 17.5 Å². The molecule has 0 saturated carbocycles. The highest BCUT2D eigenvalue weighted by Crippen LogP contribution is 2.33. The highest BCUT2D eigenvalue weighted by atomic mass is 32.1. The van der Waals surface area contributed by atoms with Crippen molar-refractivity contribution in [3.05, 3.63) is 70.9 Å². The van der Waals surface area contributed by atoms with Crippen LogP contribution < -0.4 is 5.32 Å². The van der Waals surface area contributed by atoms with E-state index in [9.17, 15) is 22.8 Å². The molecule has 10 heteroatoms. The molecule has 0 radical (unpaired) electrons. The van der Waals surface area contributed by atoms with Crippen LogP contribution in [0.5, 0.6) is 0 Å². The standard InChI is InChI=1S/C20H13F3N4O2S/c1-11(28)12-4-6-13(7-5-12)24-19(29)15-10-18-25-14(16-3-2-8-30-16)9-17(20(21,22)23)27(18)26-15/h2-10H,1H3,(H,24,29). The lowest BCUT2D eigenvalue weighted by molar-refractivity contribution is -0.142. The third-order valence-corrected chi connectivity index (χ3v) is 5.17. The molecule has 3 heterocycles. The van der Waals surface area contributed by atoms with Crippen molar-refractivity contribution in [1.82, 2.24) is 14.6 Å². The molecule has 0 aliphatic carbocycles. The summed E-state index contributed by atoms with van der Waals surface area (Å²) in [5, 5.41) is 8.10. The quantitative estimate of drug-likeness (QED) is 0.466. The van der Waals surface area contributed by atoms with Gasteiger partial charge in [0.2, 0.25) is 0 Å². The van der Waals surface area contributed by atoms with Gasteiger partial charge >= 0.3 is 6.18 Å². The van der Waals surface area contributed by atoms with Gasteiger partial charge in [-0.3, -0.25) is 9.59 Å². The number of benzene rings is 1. The Morgan fingerprint density at radius 2 is 1.83 bits per heavy atom. The summed E-state index contributed by atoms with van der Waals surface area (Å²) in [6.45, 7) is 1.42. The Balaban J connectivity index is 1.71. The number of carbonyl (C=O) groups excluding carboxylic acids is 2. The Hall–Kier alpha value is -3.53. The number of halogens is 3. The Bertz CT molecular complexity index is 1250. The summed E-state index contributed by atoms with van der Waals surface area (Å²) in [6.07, 6.45) is -4.69. The van der Waals surface area contributed by atoms with Crippen LogP contribution in [0, 0.1) is 0 Å². The molecule has 6 nitrogen and oxygen atoms in total. The zero-order valence-electron chi connectivity index (χ0n) is 15.4. The predicted molar refractivity (Wildman–Crippen MR) is 106 cm³/mol. The molecule has 0 saturated heterocycles. The molecule has 0 spiro atoms. The highest BCUT2D eigenvalue weighted by molar-refractivity contribution is 7.13. The van der Waals surface area contributed by atoms with Gasteiger partial charge in [-0.15, -0.1) is 11.3 Å². The number of Topliss-reactive ketones (excluding diaryl/α,β-unsaturated/α-hetero) is 1. The van der Waals surface area contributed by atoms with Crippen LogP contribution in [0.25, 0.3) is 16.2 Å². The Morgan fingerprint density at radius 3 is 2.43 bits per heavy atom. The minimum Gasteiger partial charge on any atom is -0.321 e. The fraction of sp³-hybridized carbons (Fsp3) is 0.100. The van der Waals surface area contributed by atoms with E-state index in [2.05, 4.69) is 15.4 Å². The average Bonchev–Trinajstić information content (AvgIpc) is 3.36. The second-order valence-electron chi connectivity index (χ2n) is 6.39. The van der Waals surface area contributed by atoms with Crippen molar-refractivity contribution in [3.63, 3.8) is 0 Å². The van der Waals surface area contributed by atoms with Crippen LogP contribution in [0.15, 0.2) is 53.9 Å². The van der Waals surface area contributed by atoms with E-state index >= 15 is 0 Å². The number of alkyl halides is 3. The average molecular weight is 430 g/mol. The van der Waals surface area contributed by atoms with Gasteiger partial charge in [0.05, 0.1) is 10.6 Å². The number of fused-ring (bicyclic) bond motifs is 1. The molecule has 1 aromatic carbocycles. The number of amides is 1. The molecule has 3 aromatic heterocycles. The molecule has 1 N–H and O–H groups in total. The number of carbonyl (C=O) groups is 2. The molecule has 0 bridgehead atoms. The van der Waals surface area contributed by atoms with Crippen molar-refractivity contribution in [2.24, 2.45) is 0 Å². The molecule has 152 valence electrons. The Labute approximate surface area is 172 Å². The number of ketones is 1. The van der Waals surface area contributed by atoms with Gasteiger partial charge < -0.3 is 5.32 Å². The predicted octanol–water partition coefficient (Wildman–Crippen LogP) is 4.93. The molecule has 0 unspecified atom stereocenters. The number of aromatic nitrogens is 3. The molecule has 30 heavy (non-hydrogen) atoms. The zero-order valence-corrected chi connectivity index (χ0v) is 16.2. The monoisotopic (exact) mass is 430 g/mol. The molecule has 4 aromatic rings. The van der Waals surface area contributed by atoms with E-state index in [1.165, 1.54) is 48.6 Å². The van der Waals surface area contributed by atoms with E-state index in [1.807, 2.05) is 0 Å². The summed E-state index contributed by atoms with van der Waals surface area (Å²) >= 11 is 1.26. The number of thiophene rings is 1. The van der Waals surface area contributed by atoms with Gasteiger partial charge in [-0.05, 0) is 48.7 Å². The van der Waals surface area contributed by atoms with Gasteiger partial charge in [-0.1, -0.05) is 6.07 Å². The van der Waals surface area contributed by atoms with Gasteiger partial charge in [-0.25, -0.2) is 9.50 Å². The maximum atomic E-state index is 13.6. The SMILES string of the molecule is CC(=O)c1ccc(NC(=O)c2cc3nc(-c4cccs4)cc(C(F)(F)F)n3n2)cc1. The van der Waals surface area contributed by atoms with Gasteiger partial charge in [0, 0.05) is 17.3 Å². The fourth-order valence-corrected chi connectivity index (χ4v) is 3.51. The number of nitrogens with zero attached hydrogens (tertiary/aromatic N) is 3. The van der Waals surface area contributed by atoms with Crippen LogP contribution in [0.2, 0.25) is 0 Å². The first-order chi connectivity index (χ1) is 14.2. The number of rotatable bonds is 4. The zero-order chi connectivity index (χ0) is 21.5. The summed E-state index contributed by atoms with van der Waals surface area (Å²) in [7, 11) is 0. The second kappa shape index (κ2) is 7.38. The van der Waals surface area contributed by atoms with Crippen LogP contribution >= 0.6 is 11.3 Å². The van der Waals surface area contributed by atoms with Crippen molar-refractivity contribution in [2.75, 3.05) is 5.32 Å². The smallest absolute Gasteiger partial charge is 0.321 e. The molecular weight excluding hydrogens is 417 g/mol. The minimum atomic E-state index is -4.69. The minimum absolute atomic E-state index is 0.0923. The van der Waals surface area contributed by atoms with Gasteiger partial charge in [0.15, 0.2) is 22.8 Å².